The van der Waals surface area contributed by atoms with Crippen molar-refractivity contribution in [1.82, 2.24) is 52.4 Å². The van der Waals surface area contributed by atoms with E-state index in [0.29, 0.717) is 29.5 Å². The zero-order chi connectivity index (χ0) is 61.3. The van der Waals surface area contributed by atoms with Crippen molar-refractivity contribution in [3.63, 3.8) is 0 Å². The highest BCUT2D eigenvalue weighted by molar-refractivity contribution is 7.80. The van der Waals surface area contributed by atoms with Crippen LogP contribution in [0.3, 0.4) is 0 Å². The van der Waals surface area contributed by atoms with E-state index in [9.17, 15) is 48.3 Å². The molecule has 6 rings (SSSR count). The average molecular weight is 1210 g/mol. The molecule has 4 aromatic carbocycles. The molecule has 0 unspecified atom stereocenters. The van der Waals surface area contributed by atoms with Crippen molar-refractivity contribution in [2.75, 3.05) is 37.7 Å². The summed E-state index contributed by atoms with van der Waals surface area (Å²) in [4.78, 5) is 133. The van der Waals surface area contributed by atoms with Crippen molar-refractivity contribution in [1.29, 1.82) is 0 Å². The van der Waals surface area contributed by atoms with E-state index in [0.717, 1.165) is 16.5 Å². The number of nitrogens with zero attached hydrogens (tertiary/aromatic N) is 1. The van der Waals surface area contributed by atoms with Gasteiger partial charge in [-0.05, 0) is 86.9 Å². The van der Waals surface area contributed by atoms with Gasteiger partial charge in [0, 0.05) is 67.4 Å². The molecule has 5 aromatic rings. The number of aromatic nitrogens is 1. The number of unbranched alkanes of at least 4 members (excludes halogenated alkanes) is 1. The third-order valence-corrected chi connectivity index (χ3v) is 15.4. The molecule has 1 saturated heterocycles. The maximum absolute atomic E-state index is 14.9. The van der Waals surface area contributed by atoms with E-state index < -0.39 is 102 Å². The minimum Gasteiger partial charge on any atom is -0.391 e. The van der Waals surface area contributed by atoms with Gasteiger partial charge < -0.3 is 69.0 Å². The van der Waals surface area contributed by atoms with Gasteiger partial charge in [0.15, 0.2) is 0 Å². The van der Waals surface area contributed by atoms with Crippen molar-refractivity contribution >= 4 is 89.3 Å². The average Bonchev–Trinajstić information content (AvgIpc) is 3.70. The summed E-state index contributed by atoms with van der Waals surface area (Å²) in [6.45, 7) is 1.65. The summed E-state index contributed by atoms with van der Waals surface area (Å²) in [6, 6.07) is 23.6. The Morgan fingerprint density at radius 3 is 1.72 bits per heavy atom. The van der Waals surface area contributed by atoms with E-state index in [1.807, 2.05) is 54.6 Å². The Hall–Kier alpha value is -7.77. The van der Waals surface area contributed by atoms with E-state index in [1.54, 1.807) is 66.9 Å². The van der Waals surface area contributed by atoms with Crippen molar-refractivity contribution in [3.05, 3.63) is 144 Å². The number of aliphatic hydroxyl groups is 1. The van der Waals surface area contributed by atoms with E-state index in [-0.39, 0.29) is 95.0 Å². The summed E-state index contributed by atoms with van der Waals surface area (Å²) >= 11 is 8.86. The monoisotopic (exact) mass is 1200 g/mol. The molecular weight excluding hydrogens is 1120 g/mol. The third kappa shape index (κ3) is 20.5. The Morgan fingerprint density at radius 2 is 1.12 bits per heavy atom. The summed E-state index contributed by atoms with van der Waals surface area (Å²) in [5, 5.41) is 34.3. The standard InChI is InChI=1S/C61H80N12O10S2/c1-38(74)53-60(82)71-50(37-85)61(83)73(51(54(63)76)33-41-21-9-4-10-22-41)30-16-29-65-52(75)26-15-28-64-46(31-39-17-5-2-6-18-39)56(78)70-49(36-84)59(81)68-47(32-40-19-7-3-8-20-40)57(79)69-48(34-42-35-66-44-24-12-11-23-43(42)44)58(80)67-45(55(77)72-53)25-13-14-27-62/h2-12,17-24,35,38,45-51,53,64,66,74,84-85H,13-16,25-34,36-37,62H2,1H3,(H2,63,76)(H,65,75)(H,67,80)(H,68,81)(H,69,79)(H,70,78)(H,71,82)(H,72,77)/t38-,45+,46+,47+,48-,49+,50+,51+,53+/m1/s1. The zero-order valence-electron chi connectivity index (χ0n) is 47.7. The SMILES string of the molecule is C[C@@H](O)[C@@H]1NC(=O)[C@H](CCCCN)NC(=O)[C@@H](Cc2c[nH]c3ccccc23)NC(=O)[C@H](Cc2ccccc2)NC(=O)[C@H](CS)NC(=O)[C@H](Cc2ccccc2)NCCCC(=O)NCCCN([C@@H](Cc2ccccc2)C(N)=O)C(=O)[C@H](CS)NC1=O. The Balaban J connectivity index is 1.37. The van der Waals surface area contributed by atoms with E-state index in [2.05, 4.69) is 72.8 Å². The molecule has 14 N–H and O–H groups in total. The lowest BCUT2D eigenvalue weighted by atomic mass is 10.0. The smallest absolute Gasteiger partial charge is 0.246 e. The van der Waals surface area contributed by atoms with Gasteiger partial charge in [-0.2, -0.15) is 25.3 Å². The maximum atomic E-state index is 14.9. The third-order valence-electron chi connectivity index (χ3n) is 14.6. The van der Waals surface area contributed by atoms with Crippen LogP contribution in [0.4, 0.5) is 0 Å². The number of rotatable bonds is 17. The van der Waals surface area contributed by atoms with Crippen LogP contribution in [0.25, 0.3) is 10.9 Å². The Morgan fingerprint density at radius 1 is 0.600 bits per heavy atom. The number of hydrogen-bond acceptors (Lipinski definition) is 14. The molecule has 0 saturated carbocycles. The summed E-state index contributed by atoms with van der Waals surface area (Å²) in [6.07, 6.45) is 1.37. The highest BCUT2D eigenvalue weighted by Gasteiger charge is 2.38. The fourth-order valence-electron chi connectivity index (χ4n) is 9.96. The minimum atomic E-state index is -1.71. The van der Waals surface area contributed by atoms with Gasteiger partial charge in [-0.25, -0.2) is 0 Å². The number of nitrogens with one attached hydrogen (secondary N) is 9. The fraction of sp³-hybridized carbons (Fsp3) is 0.426. The van der Waals surface area contributed by atoms with Gasteiger partial charge in [0.25, 0.3) is 0 Å². The lowest BCUT2D eigenvalue weighted by Crippen LogP contribution is -2.62. The first-order valence-corrected chi connectivity index (χ1v) is 29.9. The Kier molecular flexibility index (Phi) is 26.7. The normalized spacial score (nSPS) is 22.6. The molecule has 24 heteroatoms. The molecule has 9 atom stereocenters. The number of para-hydroxylation sites is 1. The highest BCUT2D eigenvalue weighted by atomic mass is 32.1. The van der Waals surface area contributed by atoms with Crippen molar-refractivity contribution < 1.29 is 48.3 Å². The van der Waals surface area contributed by atoms with Gasteiger partial charge in [0.1, 0.15) is 42.3 Å². The lowest BCUT2D eigenvalue weighted by Gasteiger charge is -2.34. The second kappa shape index (κ2) is 34.3. The number of primary amides is 1. The number of nitrogens with two attached hydrogens (primary N) is 2. The van der Waals surface area contributed by atoms with Crippen LogP contribution in [0.5, 0.6) is 0 Å². The zero-order valence-corrected chi connectivity index (χ0v) is 49.5. The number of aromatic amines is 1. The van der Waals surface area contributed by atoms with E-state index in [1.165, 1.54) is 11.8 Å². The molecule has 1 fully saturated rings. The van der Waals surface area contributed by atoms with Crippen molar-refractivity contribution in [2.45, 2.75) is 126 Å². The number of amides is 9. The molecule has 85 heavy (non-hydrogen) atoms. The first kappa shape index (κ1) is 66.4. The number of carbonyl (C=O) groups is 9. The predicted molar refractivity (Wildman–Crippen MR) is 330 cm³/mol. The van der Waals surface area contributed by atoms with Crippen LogP contribution >= 0.6 is 25.3 Å². The number of benzene rings is 4. The minimum absolute atomic E-state index is 0.00447. The van der Waals surface area contributed by atoms with Gasteiger partial charge in [-0.1, -0.05) is 109 Å². The molecule has 1 aliphatic rings. The summed E-state index contributed by atoms with van der Waals surface area (Å²) in [5.41, 5.74) is 15.4. The van der Waals surface area contributed by atoms with Crippen LogP contribution in [-0.2, 0) is 68.8 Å². The molecule has 1 aromatic heterocycles. The second-order valence-corrected chi connectivity index (χ2v) is 21.8. The number of aliphatic hydroxyl groups excluding tert-OH is 1. The van der Waals surface area contributed by atoms with Crippen LogP contribution in [0.1, 0.15) is 67.7 Å². The van der Waals surface area contributed by atoms with Gasteiger partial charge in [-0.3, -0.25) is 43.2 Å². The summed E-state index contributed by atoms with van der Waals surface area (Å²) in [5.74, 6) is -7.19. The molecule has 2 heterocycles. The lowest BCUT2D eigenvalue weighted by molar-refractivity contribution is -0.143. The van der Waals surface area contributed by atoms with Gasteiger partial charge in [0.05, 0.1) is 12.1 Å². The van der Waals surface area contributed by atoms with Crippen LogP contribution in [0.15, 0.2) is 121 Å². The van der Waals surface area contributed by atoms with Gasteiger partial charge in [0.2, 0.25) is 53.2 Å². The van der Waals surface area contributed by atoms with Gasteiger partial charge in [-0.15, -0.1) is 0 Å². The topological polar surface area (TPSA) is 341 Å². The molecule has 1 aliphatic heterocycles. The summed E-state index contributed by atoms with van der Waals surface area (Å²) in [7, 11) is 0. The van der Waals surface area contributed by atoms with E-state index >= 15 is 0 Å². The van der Waals surface area contributed by atoms with Crippen molar-refractivity contribution in [3.8, 4) is 0 Å². The largest absolute Gasteiger partial charge is 0.391 e. The highest BCUT2D eigenvalue weighted by Crippen LogP contribution is 2.21. The number of carbonyl (C=O) groups excluding carboxylic acids is 9. The molecule has 0 bridgehead atoms. The molecule has 0 aliphatic carbocycles. The van der Waals surface area contributed by atoms with Crippen molar-refractivity contribution in [2.24, 2.45) is 11.5 Å². The number of fused-ring (bicyclic) bond motifs is 1. The number of hydrogen-bond donors (Lipinski definition) is 14. The molecule has 9 amide bonds. The number of thiol groups is 2. The molecule has 456 valence electrons. The van der Waals surface area contributed by atoms with Crippen LogP contribution in [-0.4, -0.2) is 160 Å². The van der Waals surface area contributed by atoms with Crippen LogP contribution < -0.4 is 54.0 Å². The fourth-order valence-corrected chi connectivity index (χ4v) is 10.5. The molecular formula is C61H80N12O10S2. The number of H-pyrrole nitrogens is 1. The predicted octanol–water partition coefficient (Wildman–Crippen LogP) is 0.658. The summed E-state index contributed by atoms with van der Waals surface area (Å²) < 4.78 is 0. The Labute approximate surface area is 506 Å². The maximum Gasteiger partial charge on any atom is 0.246 e. The first-order chi connectivity index (χ1) is 41.0. The molecule has 22 nitrogen and oxygen atoms in total. The first-order valence-electron chi connectivity index (χ1n) is 28.7. The molecule has 0 radical (unpaired) electrons. The van der Waals surface area contributed by atoms with E-state index in [4.69, 9.17) is 11.5 Å². The quantitative estimate of drug-likeness (QED) is 0.0451. The Bertz CT molecular complexity index is 3010. The molecule has 0 spiro atoms. The second-order valence-electron chi connectivity index (χ2n) is 21.1. The van der Waals surface area contributed by atoms with Crippen LogP contribution in [0.2, 0.25) is 0 Å². The van der Waals surface area contributed by atoms with Gasteiger partial charge >= 0.3 is 0 Å². The van der Waals surface area contributed by atoms with Crippen LogP contribution in [0, 0.1) is 0 Å².